The number of fused-ring (bicyclic) bond motifs is 2. The summed E-state index contributed by atoms with van der Waals surface area (Å²) in [6, 6.07) is 7.85. The molecule has 0 bridgehead atoms. The third kappa shape index (κ3) is 8.51. The van der Waals surface area contributed by atoms with Gasteiger partial charge < -0.3 is 26.2 Å². The number of imide groups is 2. The van der Waals surface area contributed by atoms with Gasteiger partial charge in [0.25, 0.3) is 23.6 Å². The van der Waals surface area contributed by atoms with Gasteiger partial charge in [0.2, 0.25) is 17.7 Å². The van der Waals surface area contributed by atoms with Crippen molar-refractivity contribution in [3.63, 3.8) is 0 Å². The predicted octanol–water partition coefficient (Wildman–Crippen LogP) is 4.55. The zero-order valence-electron chi connectivity index (χ0n) is 33.8. The number of carbonyl (C=O) groups is 7. The number of hydrogen-bond donors (Lipinski definition) is 5. The van der Waals surface area contributed by atoms with Crippen molar-refractivity contribution >= 4 is 63.6 Å². The maximum atomic E-state index is 15.5. The molecule has 19 heteroatoms. The largest absolute Gasteiger partial charge is 0.417 e. The van der Waals surface area contributed by atoms with Crippen molar-refractivity contribution in [1.29, 1.82) is 0 Å². The molecule has 2 aliphatic heterocycles. The third-order valence-corrected chi connectivity index (χ3v) is 11.2. The number of unbranched alkanes of at least 4 members (excludes halogenated alkanes) is 1. The molecule has 2 atom stereocenters. The fourth-order valence-corrected chi connectivity index (χ4v) is 7.59. The van der Waals surface area contributed by atoms with Crippen LogP contribution in [0.5, 0.6) is 0 Å². The highest BCUT2D eigenvalue weighted by atomic mass is 19.4. The zero-order valence-corrected chi connectivity index (χ0v) is 33.8. The van der Waals surface area contributed by atoms with E-state index in [9.17, 15) is 46.7 Å². The van der Waals surface area contributed by atoms with E-state index in [1.807, 2.05) is 0 Å². The first-order chi connectivity index (χ1) is 29.5. The normalized spacial score (nSPS) is 16.8. The molecule has 0 radical (unpaired) electrons. The molecule has 3 aliphatic rings. The zero-order chi connectivity index (χ0) is 44.6. The van der Waals surface area contributed by atoms with Crippen molar-refractivity contribution < 1.29 is 51.1 Å². The number of halogens is 4. The van der Waals surface area contributed by atoms with Crippen LogP contribution in [0.3, 0.4) is 0 Å². The quantitative estimate of drug-likeness (QED) is 0.0682. The Morgan fingerprint density at radius 3 is 2.31 bits per heavy atom. The summed E-state index contributed by atoms with van der Waals surface area (Å²) in [5, 5.41) is 13.5. The van der Waals surface area contributed by atoms with E-state index in [2.05, 4.69) is 31.6 Å². The van der Waals surface area contributed by atoms with Crippen LogP contribution in [0.15, 0.2) is 54.7 Å². The number of carbonyl (C=O) groups excluding carboxylic acids is 7. The van der Waals surface area contributed by atoms with Gasteiger partial charge in [-0.05, 0) is 86.6 Å². The second-order valence-corrected chi connectivity index (χ2v) is 15.3. The number of hydrogen-bond acceptors (Lipinski definition) is 10. The van der Waals surface area contributed by atoms with Gasteiger partial charge in [-0.3, -0.25) is 48.8 Å². The average Bonchev–Trinajstić information content (AvgIpc) is 4.02. The number of nitrogens with zero attached hydrogens (tertiary/aromatic N) is 3. The van der Waals surface area contributed by atoms with Crippen molar-refractivity contribution in [2.24, 2.45) is 0 Å². The number of benzene rings is 3. The molecule has 324 valence electrons. The molecular formula is C43H42F4N8O7. The number of pyridine rings is 1. The first-order valence-electron chi connectivity index (χ1n) is 20.0. The number of piperidine rings is 1. The SMILES string of the molecule is CNc1c(C(=O)NC2CC2)cnc2cc(C(F)(F)F)c(-c3ccc(C(=O)NCCCCNC(=O)[C@@H](C)N(C)c4cccc5c4C(=O)N(C4CCC(=O)NC4=O)C5=O)c(F)c3)cc12. The molecule has 1 saturated carbocycles. The lowest BCUT2D eigenvalue weighted by Gasteiger charge is -2.29. The molecule has 62 heavy (non-hydrogen) atoms. The smallest absolute Gasteiger partial charge is 0.387 e. The van der Waals surface area contributed by atoms with Crippen LogP contribution in [0.1, 0.15) is 92.4 Å². The molecule has 5 N–H and O–H groups in total. The van der Waals surface area contributed by atoms with E-state index in [0.717, 1.165) is 35.9 Å². The summed E-state index contributed by atoms with van der Waals surface area (Å²) < 4.78 is 58.5. The van der Waals surface area contributed by atoms with Crippen LogP contribution in [-0.4, -0.2) is 96.5 Å². The Morgan fingerprint density at radius 1 is 0.919 bits per heavy atom. The van der Waals surface area contributed by atoms with Gasteiger partial charge >= 0.3 is 6.18 Å². The van der Waals surface area contributed by atoms with E-state index < -0.39 is 76.6 Å². The van der Waals surface area contributed by atoms with Gasteiger partial charge in [-0.25, -0.2) is 4.39 Å². The Bertz CT molecular complexity index is 2540. The molecule has 7 amide bonds. The molecule has 1 saturated heterocycles. The second-order valence-electron chi connectivity index (χ2n) is 15.3. The van der Waals surface area contributed by atoms with E-state index in [1.165, 1.54) is 36.3 Å². The minimum absolute atomic E-state index is 0.00229. The molecule has 15 nitrogen and oxygen atoms in total. The standard InChI is InChI=1S/C43H42F4N8O7/c1-21(54(3)32-8-6-7-25-35(32)42(62)55(41(25)61)33-13-14-34(56)53-40(33)60)37(57)49-15-4-5-16-50-38(58)24-12-9-22(17-30(24)44)26-18-27-31(19-29(26)43(45,46)47)51-20-28(36(27)48-2)39(59)52-23-10-11-23/h6-9,12,17-21,23,33H,4-5,10-11,13-16H2,1-3H3,(H,48,51)(H,49,57)(H,50,58)(H,52,59)(H,53,56,60)/t21-,33?/m1/s1. The summed E-state index contributed by atoms with van der Waals surface area (Å²) in [5.41, 5.74) is -1.21. The summed E-state index contributed by atoms with van der Waals surface area (Å²) in [5.74, 6) is -5.30. The van der Waals surface area contributed by atoms with Gasteiger partial charge in [0.1, 0.15) is 17.9 Å². The monoisotopic (exact) mass is 858 g/mol. The van der Waals surface area contributed by atoms with Gasteiger partial charge in [-0.1, -0.05) is 12.1 Å². The van der Waals surface area contributed by atoms with Crippen LogP contribution in [0.2, 0.25) is 0 Å². The van der Waals surface area contributed by atoms with E-state index in [0.29, 0.717) is 18.5 Å². The molecule has 4 aromatic rings. The Hall–Kier alpha value is -6.92. The number of aromatic nitrogens is 1. The van der Waals surface area contributed by atoms with Crippen LogP contribution in [0.4, 0.5) is 28.9 Å². The molecular weight excluding hydrogens is 817 g/mol. The summed E-state index contributed by atoms with van der Waals surface area (Å²) in [7, 11) is 3.11. The fraction of sp³-hybridized carbons (Fsp3) is 0.349. The topological polar surface area (TPSA) is 199 Å². The molecule has 0 spiro atoms. The number of nitrogens with one attached hydrogen (secondary N) is 5. The van der Waals surface area contributed by atoms with Crippen LogP contribution >= 0.6 is 0 Å². The van der Waals surface area contributed by atoms with Gasteiger partial charge in [0.05, 0.1) is 44.7 Å². The number of rotatable bonds is 14. The van der Waals surface area contributed by atoms with Crippen LogP contribution < -0.4 is 31.5 Å². The van der Waals surface area contributed by atoms with Crippen molar-refractivity contribution in [3.05, 3.63) is 88.4 Å². The van der Waals surface area contributed by atoms with E-state index >= 15 is 4.39 Å². The first-order valence-corrected chi connectivity index (χ1v) is 20.0. The van der Waals surface area contributed by atoms with Gasteiger partial charge in [0.15, 0.2) is 0 Å². The Labute approximate surface area is 352 Å². The highest BCUT2D eigenvalue weighted by molar-refractivity contribution is 6.25. The van der Waals surface area contributed by atoms with Gasteiger partial charge in [0, 0.05) is 51.2 Å². The average molecular weight is 859 g/mol. The lowest BCUT2D eigenvalue weighted by atomic mass is 9.94. The van der Waals surface area contributed by atoms with Crippen LogP contribution in [0.25, 0.3) is 22.0 Å². The predicted molar refractivity (Wildman–Crippen MR) is 218 cm³/mol. The van der Waals surface area contributed by atoms with E-state index in [4.69, 9.17) is 0 Å². The first kappa shape index (κ1) is 43.2. The number of alkyl halides is 3. The number of anilines is 2. The highest BCUT2D eigenvalue weighted by Crippen LogP contribution is 2.42. The Balaban J connectivity index is 0.943. The molecule has 7 rings (SSSR count). The van der Waals surface area contributed by atoms with Crippen LogP contribution in [0, 0.1) is 5.82 Å². The van der Waals surface area contributed by atoms with Crippen molar-refractivity contribution in [2.45, 2.75) is 69.8 Å². The summed E-state index contributed by atoms with van der Waals surface area (Å²) in [6.45, 7) is 1.87. The molecule has 1 aliphatic carbocycles. The van der Waals surface area contributed by atoms with Crippen LogP contribution in [-0.2, 0) is 20.6 Å². The molecule has 1 unspecified atom stereocenters. The minimum Gasteiger partial charge on any atom is -0.387 e. The van der Waals surface area contributed by atoms with Gasteiger partial charge in [-0.2, -0.15) is 13.2 Å². The Morgan fingerprint density at radius 2 is 1.65 bits per heavy atom. The summed E-state index contributed by atoms with van der Waals surface area (Å²) in [6.07, 6.45) is -1.25. The maximum absolute atomic E-state index is 15.5. The van der Waals surface area contributed by atoms with Crippen molar-refractivity contribution in [3.8, 4) is 11.1 Å². The lowest BCUT2D eigenvalue weighted by molar-refractivity contribution is -0.137. The fourth-order valence-electron chi connectivity index (χ4n) is 7.59. The summed E-state index contributed by atoms with van der Waals surface area (Å²) >= 11 is 0. The van der Waals surface area contributed by atoms with E-state index in [1.54, 1.807) is 26.1 Å². The molecule has 3 heterocycles. The third-order valence-electron chi connectivity index (χ3n) is 11.2. The minimum atomic E-state index is -4.85. The summed E-state index contributed by atoms with van der Waals surface area (Å²) in [4.78, 5) is 96.4. The molecule has 3 aromatic carbocycles. The van der Waals surface area contributed by atoms with Crippen molar-refractivity contribution in [1.82, 2.24) is 31.2 Å². The highest BCUT2D eigenvalue weighted by Gasteiger charge is 2.46. The maximum Gasteiger partial charge on any atom is 0.417 e. The molecule has 1 aromatic heterocycles. The van der Waals surface area contributed by atoms with Gasteiger partial charge in [-0.15, -0.1) is 0 Å². The number of amides is 7. The molecule has 2 fully saturated rings. The second kappa shape index (κ2) is 17.2. The Kier molecular flexibility index (Phi) is 12.0. The van der Waals surface area contributed by atoms with Crippen molar-refractivity contribution in [2.75, 3.05) is 37.4 Å². The van der Waals surface area contributed by atoms with E-state index in [-0.39, 0.29) is 76.4 Å². The lowest BCUT2D eigenvalue weighted by Crippen LogP contribution is -2.54. The number of likely N-dealkylation sites (N-methyl/N-ethyl adjacent to an activating group) is 1.